The largest absolute Gasteiger partial charge is 0.281 e. The molecule has 0 amide bonds. The molecular formula is C20H32N2. The molecule has 1 heterocycles. The van der Waals surface area contributed by atoms with Crippen molar-refractivity contribution in [2.24, 2.45) is 0 Å². The lowest BCUT2D eigenvalue weighted by Crippen LogP contribution is -1.89. The maximum atomic E-state index is 4.42. The number of aryl methyl sites for hydroxylation is 2. The van der Waals surface area contributed by atoms with Crippen LogP contribution in [0.5, 0.6) is 0 Å². The summed E-state index contributed by atoms with van der Waals surface area (Å²) in [5.74, 6) is 0. The van der Waals surface area contributed by atoms with Gasteiger partial charge in [-0.1, -0.05) is 76.8 Å². The van der Waals surface area contributed by atoms with E-state index < -0.39 is 0 Å². The zero-order valence-electron chi connectivity index (χ0n) is 14.5. The van der Waals surface area contributed by atoms with Crippen LogP contribution in [0.3, 0.4) is 0 Å². The quantitative estimate of drug-likeness (QED) is 0.482. The van der Waals surface area contributed by atoms with E-state index in [2.05, 4.69) is 42.2 Å². The van der Waals surface area contributed by atoms with Crippen LogP contribution < -0.4 is 0 Å². The number of unbranched alkanes of at least 4 members (excludes halogenated alkanes) is 9. The van der Waals surface area contributed by atoms with Crippen LogP contribution in [0.15, 0.2) is 18.2 Å². The zero-order valence-corrected chi connectivity index (χ0v) is 14.5. The SMILES string of the molecule is CCCCCCCCCCCCc1[nH]nc2cccc(C)c12. The molecule has 2 aromatic rings. The van der Waals surface area contributed by atoms with Crippen LogP contribution >= 0.6 is 0 Å². The van der Waals surface area contributed by atoms with Crippen LogP contribution in [0.4, 0.5) is 0 Å². The van der Waals surface area contributed by atoms with Gasteiger partial charge in [-0.25, -0.2) is 0 Å². The molecule has 0 saturated heterocycles. The summed E-state index contributed by atoms with van der Waals surface area (Å²) in [5.41, 5.74) is 3.78. The van der Waals surface area contributed by atoms with E-state index in [1.807, 2.05) is 0 Å². The van der Waals surface area contributed by atoms with Crippen LogP contribution in [0.1, 0.15) is 82.4 Å². The number of nitrogens with zero attached hydrogens (tertiary/aromatic N) is 1. The molecule has 1 aromatic heterocycles. The normalized spacial score (nSPS) is 11.4. The molecule has 2 rings (SSSR count). The first-order valence-corrected chi connectivity index (χ1v) is 9.25. The lowest BCUT2D eigenvalue weighted by Gasteiger charge is -2.03. The minimum absolute atomic E-state index is 1.11. The van der Waals surface area contributed by atoms with Gasteiger partial charge in [0.2, 0.25) is 0 Å². The molecule has 0 spiro atoms. The molecule has 0 fully saturated rings. The summed E-state index contributed by atoms with van der Waals surface area (Å²) < 4.78 is 0. The van der Waals surface area contributed by atoms with Crippen LogP contribution in [-0.2, 0) is 6.42 Å². The van der Waals surface area contributed by atoms with Gasteiger partial charge in [0.1, 0.15) is 0 Å². The average molecular weight is 300 g/mol. The number of H-pyrrole nitrogens is 1. The molecule has 0 atom stereocenters. The highest BCUT2D eigenvalue weighted by Gasteiger charge is 2.06. The molecule has 0 radical (unpaired) electrons. The van der Waals surface area contributed by atoms with E-state index in [9.17, 15) is 0 Å². The van der Waals surface area contributed by atoms with Gasteiger partial charge in [0, 0.05) is 11.1 Å². The Morgan fingerprint density at radius 1 is 0.864 bits per heavy atom. The van der Waals surface area contributed by atoms with E-state index in [1.165, 1.54) is 80.9 Å². The highest BCUT2D eigenvalue weighted by molar-refractivity contribution is 5.84. The summed E-state index contributed by atoms with van der Waals surface area (Å²) in [6, 6.07) is 6.36. The van der Waals surface area contributed by atoms with Gasteiger partial charge >= 0.3 is 0 Å². The maximum absolute atomic E-state index is 4.42. The Hall–Kier alpha value is -1.31. The van der Waals surface area contributed by atoms with Crippen LogP contribution in [0.2, 0.25) is 0 Å². The fourth-order valence-corrected chi connectivity index (χ4v) is 3.29. The van der Waals surface area contributed by atoms with E-state index in [1.54, 1.807) is 0 Å². The maximum Gasteiger partial charge on any atom is 0.0926 e. The summed E-state index contributed by atoms with van der Waals surface area (Å²) >= 11 is 0. The van der Waals surface area contributed by atoms with Gasteiger partial charge in [0.05, 0.1) is 5.52 Å². The van der Waals surface area contributed by atoms with Crippen LogP contribution in [0.25, 0.3) is 10.9 Å². The third-order valence-corrected chi connectivity index (χ3v) is 4.64. The molecule has 2 heteroatoms. The predicted molar refractivity (Wildman–Crippen MR) is 96.4 cm³/mol. The summed E-state index contributed by atoms with van der Waals surface area (Å²) in [4.78, 5) is 0. The smallest absolute Gasteiger partial charge is 0.0926 e. The standard InChI is InChI=1S/C20H32N2/c1-3-4-5-6-7-8-9-10-11-12-15-18-20-17(2)14-13-16-19(20)22-21-18/h13-14,16H,3-12,15H2,1-2H3,(H,21,22). The lowest BCUT2D eigenvalue weighted by atomic mass is 10.0. The lowest BCUT2D eigenvalue weighted by molar-refractivity contribution is 0.555. The van der Waals surface area contributed by atoms with Crippen LogP contribution in [0, 0.1) is 6.92 Å². The van der Waals surface area contributed by atoms with Crippen molar-refractivity contribution in [3.05, 3.63) is 29.5 Å². The zero-order chi connectivity index (χ0) is 15.6. The molecule has 22 heavy (non-hydrogen) atoms. The van der Waals surface area contributed by atoms with Gasteiger partial charge in [-0.2, -0.15) is 5.10 Å². The summed E-state index contributed by atoms with van der Waals surface area (Å²) in [6.07, 6.45) is 15.1. The molecule has 0 saturated carbocycles. The van der Waals surface area contributed by atoms with Crippen molar-refractivity contribution in [3.8, 4) is 0 Å². The number of hydrogen-bond donors (Lipinski definition) is 1. The van der Waals surface area contributed by atoms with Crippen molar-refractivity contribution in [2.45, 2.75) is 84.5 Å². The summed E-state index contributed by atoms with van der Waals surface area (Å²) in [6.45, 7) is 4.46. The topological polar surface area (TPSA) is 28.7 Å². The molecule has 122 valence electrons. The second-order valence-electron chi connectivity index (χ2n) is 6.60. The fourth-order valence-electron chi connectivity index (χ4n) is 3.29. The molecule has 1 N–H and O–H groups in total. The molecule has 2 nitrogen and oxygen atoms in total. The van der Waals surface area contributed by atoms with E-state index in [0.717, 1.165) is 11.9 Å². The Kier molecular flexibility index (Phi) is 7.48. The Morgan fingerprint density at radius 3 is 2.18 bits per heavy atom. The molecular weight excluding hydrogens is 268 g/mol. The minimum Gasteiger partial charge on any atom is -0.281 e. The predicted octanol–water partition coefficient (Wildman–Crippen LogP) is 6.33. The first-order valence-electron chi connectivity index (χ1n) is 9.25. The van der Waals surface area contributed by atoms with E-state index in [-0.39, 0.29) is 0 Å². The van der Waals surface area contributed by atoms with Gasteiger partial charge in [0.25, 0.3) is 0 Å². The first-order chi connectivity index (χ1) is 10.8. The molecule has 0 aliphatic heterocycles. The number of hydrogen-bond acceptors (Lipinski definition) is 1. The van der Waals surface area contributed by atoms with Gasteiger partial charge < -0.3 is 0 Å². The summed E-state index contributed by atoms with van der Waals surface area (Å²) in [5, 5.41) is 9.00. The van der Waals surface area contributed by atoms with Crippen molar-refractivity contribution >= 4 is 10.9 Å². The van der Waals surface area contributed by atoms with Crippen molar-refractivity contribution in [1.82, 2.24) is 10.2 Å². The van der Waals surface area contributed by atoms with E-state index in [4.69, 9.17) is 0 Å². The van der Waals surface area contributed by atoms with Crippen LogP contribution in [-0.4, -0.2) is 10.2 Å². The number of aromatic amines is 1. The Labute approximate surface area is 135 Å². The fraction of sp³-hybridized carbons (Fsp3) is 0.650. The first kappa shape index (κ1) is 17.1. The Bertz CT molecular complexity index is 542. The number of fused-ring (bicyclic) bond motifs is 1. The molecule has 0 aliphatic carbocycles. The number of nitrogens with one attached hydrogen (secondary N) is 1. The molecule has 0 bridgehead atoms. The van der Waals surface area contributed by atoms with Gasteiger partial charge in [-0.15, -0.1) is 0 Å². The Balaban J connectivity index is 1.59. The van der Waals surface area contributed by atoms with Gasteiger partial charge in [-0.05, 0) is 31.4 Å². The Morgan fingerprint density at radius 2 is 1.50 bits per heavy atom. The minimum atomic E-state index is 1.11. The third kappa shape index (κ3) is 5.15. The highest BCUT2D eigenvalue weighted by Crippen LogP contribution is 2.21. The molecule has 0 aliphatic rings. The second-order valence-corrected chi connectivity index (χ2v) is 6.60. The average Bonchev–Trinajstić information content (AvgIpc) is 2.94. The van der Waals surface area contributed by atoms with Crippen molar-refractivity contribution in [1.29, 1.82) is 0 Å². The number of aromatic nitrogens is 2. The number of rotatable bonds is 11. The van der Waals surface area contributed by atoms with Gasteiger partial charge in [0.15, 0.2) is 0 Å². The van der Waals surface area contributed by atoms with Crippen molar-refractivity contribution in [2.75, 3.05) is 0 Å². The number of benzene rings is 1. The summed E-state index contributed by atoms with van der Waals surface area (Å²) in [7, 11) is 0. The van der Waals surface area contributed by atoms with E-state index >= 15 is 0 Å². The third-order valence-electron chi connectivity index (χ3n) is 4.64. The van der Waals surface area contributed by atoms with Crippen molar-refractivity contribution < 1.29 is 0 Å². The second kappa shape index (κ2) is 9.66. The van der Waals surface area contributed by atoms with Crippen molar-refractivity contribution in [3.63, 3.8) is 0 Å². The molecule has 0 unspecified atom stereocenters. The van der Waals surface area contributed by atoms with E-state index in [0.29, 0.717) is 0 Å². The highest BCUT2D eigenvalue weighted by atomic mass is 15.1. The van der Waals surface area contributed by atoms with Gasteiger partial charge in [-0.3, -0.25) is 5.10 Å². The molecule has 1 aromatic carbocycles. The monoisotopic (exact) mass is 300 g/mol.